The summed E-state index contributed by atoms with van der Waals surface area (Å²) in [6, 6.07) is 7.73. The molecule has 10 nitrogen and oxygen atoms in total. The van der Waals surface area contributed by atoms with Crippen LogP contribution in [-0.4, -0.2) is 30.8 Å². The predicted octanol–water partition coefficient (Wildman–Crippen LogP) is 2.21. The molecule has 198 valence electrons. The minimum absolute atomic E-state index is 0.0282. The molecule has 39 heavy (non-hydrogen) atoms. The van der Waals surface area contributed by atoms with Crippen molar-refractivity contribution in [2.75, 3.05) is 18.4 Å². The summed E-state index contributed by atoms with van der Waals surface area (Å²) >= 11 is 0. The summed E-state index contributed by atoms with van der Waals surface area (Å²) in [6.07, 6.45) is 9.09. The van der Waals surface area contributed by atoms with Gasteiger partial charge in [0.05, 0.1) is 0 Å². The first-order valence-corrected chi connectivity index (χ1v) is 12.8. The minimum atomic E-state index is -0.660. The first kappa shape index (κ1) is 24.5. The number of hydrogen-bond donors (Lipinski definition) is 6. The van der Waals surface area contributed by atoms with Crippen molar-refractivity contribution in [3.8, 4) is 11.3 Å². The van der Waals surface area contributed by atoms with Gasteiger partial charge in [-0.3, -0.25) is 15.0 Å². The minimum Gasteiger partial charge on any atom is -0.450 e. The zero-order valence-corrected chi connectivity index (χ0v) is 21.1. The molecule has 3 aliphatic heterocycles. The van der Waals surface area contributed by atoms with E-state index in [4.69, 9.17) is 16.0 Å². The quantitative estimate of drug-likeness (QED) is 0.119. The average Bonchev–Trinajstić information content (AvgIpc) is 3.76. The molecule has 0 saturated carbocycles. The third-order valence-corrected chi connectivity index (χ3v) is 7.66. The molecule has 0 fully saturated rings. The van der Waals surface area contributed by atoms with Crippen molar-refractivity contribution in [2.24, 2.45) is 11.6 Å². The Hall–Kier alpha value is -4.79. The van der Waals surface area contributed by atoms with Crippen LogP contribution in [0.3, 0.4) is 0 Å². The van der Waals surface area contributed by atoms with Crippen molar-refractivity contribution in [2.45, 2.75) is 31.1 Å². The molecule has 3 aromatic rings. The predicted molar refractivity (Wildman–Crippen MR) is 147 cm³/mol. The number of primary amides is 1. The van der Waals surface area contributed by atoms with Crippen molar-refractivity contribution in [1.82, 2.24) is 16.1 Å². The van der Waals surface area contributed by atoms with E-state index in [-0.39, 0.29) is 29.9 Å². The van der Waals surface area contributed by atoms with Gasteiger partial charge in [-0.05, 0) is 65.3 Å². The van der Waals surface area contributed by atoms with E-state index in [1.54, 1.807) is 0 Å². The summed E-state index contributed by atoms with van der Waals surface area (Å²) in [5.41, 5.74) is 14.1. The van der Waals surface area contributed by atoms with Gasteiger partial charge in [0, 0.05) is 59.8 Å². The first-order valence-electron chi connectivity index (χ1n) is 12.8. The molecule has 1 aromatic heterocycles. The van der Waals surface area contributed by atoms with Crippen LogP contribution in [0.25, 0.3) is 22.1 Å². The highest BCUT2D eigenvalue weighted by molar-refractivity contribution is 6.10. The van der Waals surface area contributed by atoms with Crippen molar-refractivity contribution in [3.63, 3.8) is 0 Å². The molecular formula is C29H28N6O4. The molecule has 0 saturated heterocycles. The Labute approximate surface area is 224 Å². The number of fused-ring (bicyclic) bond motifs is 2. The Morgan fingerprint density at radius 1 is 1.10 bits per heavy atom. The summed E-state index contributed by atoms with van der Waals surface area (Å²) in [5.74, 6) is 7.05. The Morgan fingerprint density at radius 3 is 2.54 bits per heavy atom. The lowest BCUT2D eigenvalue weighted by molar-refractivity contribution is -0.121. The van der Waals surface area contributed by atoms with E-state index in [1.165, 1.54) is 0 Å². The second-order valence-corrected chi connectivity index (χ2v) is 9.97. The van der Waals surface area contributed by atoms with E-state index in [1.807, 2.05) is 42.6 Å². The Bertz CT molecular complexity index is 1630. The summed E-state index contributed by atoms with van der Waals surface area (Å²) in [6.45, 7) is 1.35. The lowest BCUT2D eigenvalue weighted by atomic mass is 9.81. The number of nitrogens with one attached hydrogen (secondary N) is 4. The van der Waals surface area contributed by atoms with E-state index in [0.717, 1.165) is 38.9 Å². The fraction of sp³-hybridized carbons (Fsp3) is 0.241. The van der Waals surface area contributed by atoms with Crippen LogP contribution in [0.5, 0.6) is 0 Å². The summed E-state index contributed by atoms with van der Waals surface area (Å²) < 4.78 is 6.29. The molecule has 0 spiro atoms. The maximum atomic E-state index is 12.7. The van der Waals surface area contributed by atoms with Gasteiger partial charge in [-0.15, -0.1) is 0 Å². The molecule has 2 unspecified atom stereocenters. The molecule has 2 aromatic carbocycles. The number of rotatable bonds is 7. The maximum absolute atomic E-state index is 12.7. The van der Waals surface area contributed by atoms with Gasteiger partial charge in [-0.1, -0.05) is 12.2 Å². The van der Waals surface area contributed by atoms with E-state index in [0.29, 0.717) is 42.8 Å². The monoisotopic (exact) mass is 524 g/mol. The van der Waals surface area contributed by atoms with Gasteiger partial charge in [-0.2, -0.15) is 0 Å². The fourth-order valence-electron chi connectivity index (χ4n) is 5.88. The second kappa shape index (κ2) is 9.83. The van der Waals surface area contributed by atoms with Crippen LogP contribution in [0.15, 0.2) is 58.9 Å². The van der Waals surface area contributed by atoms with Crippen molar-refractivity contribution in [1.29, 1.82) is 0 Å². The second-order valence-electron chi connectivity index (χ2n) is 9.97. The Kier molecular flexibility index (Phi) is 6.18. The van der Waals surface area contributed by atoms with Crippen LogP contribution in [0.1, 0.15) is 51.1 Å². The van der Waals surface area contributed by atoms with E-state index < -0.39 is 5.91 Å². The SMILES string of the molecule is NNC(=O)CCc1c(C2C=CNC2)cc2c(C(N)=O)oc(-c3ccc4c(c3)CC(=C=O)N4)c2c1C1C=CNC1. The number of anilines is 1. The number of hydrazine groups is 1. The van der Waals surface area contributed by atoms with Crippen LogP contribution in [0.2, 0.25) is 0 Å². The molecule has 0 aliphatic carbocycles. The Balaban J connectivity index is 1.64. The zero-order chi connectivity index (χ0) is 27.1. The number of furan rings is 1. The molecule has 4 heterocycles. The van der Waals surface area contributed by atoms with Crippen LogP contribution in [-0.2, 0) is 22.4 Å². The van der Waals surface area contributed by atoms with E-state index in [9.17, 15) is 14.4 Å². The van der Waals surface area contributed by atoms with Gasteiger partial charge in [0.1, 0.15) is 17.4 Å². The molecule has 10 heteroatoms. The first-order chi connectivity index (χ1) is 19.0. The van der Waals surface area contributed by atoms with Gasteiger partial charge < -0.3 is 26.1 Å². The number of carbonyl (C=O) groups excluding carboxylic acids is 3. The normalized spacial score (nSPS) is 18.9. The molecular weight excluding hydrogens is 496 g/mol. The fourth-order valence-corrected chi connectivity index (χ4v) is 5.88. The molecule has 2 amide bonds. The molecule has 3 aliphatic rings. The van der Waals surface area contributed by atoms with Crippen LogP contribution < -0.4 is 33.0 Å². The van der Waals surface area contributed by atoms with Crippen LogP contribution >= 0.6 is 0 Å². The summed E-state index contributed by atoms with van der Waals surface area (Å²) in [7, 11) is 0. The topological polar surface area (TPSA) is 165 Å². The van der Waals surface area contributed by atoms with E-state index in [2.05, 4.69) is 33.5 Å². The molecule has 2 atom stereocenters. The highest BCUT2D eigenvalue weighted by Gasteiger charge is 2.31. The number of hydrogen-bond acceptors (Lipinski definition) is 8. The smallest absolute Gasteiger partial charge is 0.285 e. The summed E-state index contributed by atoms with van der Waals surface area (Å²) in [5, 5.41) is 11.0. The van der Waals surface area contributed by atoms with Crippen molar-refractivity contribution >= 4 is 34.2 Å². The molecule has 8 N–H and O–H groups in total. The number of benzene rings is 2. The molecule has 0 radical (unpaired) electrons. The van der Waals surface area contributed by atoms with Gasteiger partial charge in [0.25, 0.3) is 5.91 Å². The van der Waals surface area contributed by atoms with Gasteiger partial charge in [0.15, 0.2) is 5.76 Å². The highest BCUT2D eigenvalue weighted by Crippen LogP contribution is 2.45. The zero-order valence-electron chi connectivity index (χ0n) is 21.1. The van der Waals surface area contributed by atoms with Crippen molar-refractivity contribution < 1.29 is 18.8 Å². The maximum Gasteiger partial charge on any atom is 0.285 e. The number of nitrogens with two attached hydrogens (primary N) is 2. The Morgan fingerprint density at radius 2 is 1.87 bits per heavy atom. The average molecular weight is 525 g/mol. The van der Waals surface area contributed by atoms with Crippen LogP contribution in [0, 0.1) is 0 Å². The van der Waals surface area contributed by atoms with Gasteiger partial charge in [-0.25, -0.2) is 10.6 Å². The lowest BCUT2D eigenvalue weighted by Gasteiger charge is -2.23. The number of allylic oxidation sites excluding steroid dienone is 1. The van der Waals surface area contributed by atoms with Gasteiger partial charge >= 0.3 is 0 Å². The lowest BCUT2D eigenvalue weighted by Crippen LogP contribution is -2.30. The van der Waals surface area contributed by atoms with Crippen molar-refractivity contribution in [3.05, 3.63) is 82.5 Å². The third-order valence-electron chi connectivity index (χ3n) is 7.66. The van der Waals surface area contributed by atoms with E-state index >= 15 is 0 Å². The largest absolute Gasteiger partial charge is 0.450 e. The molecule has 0 bridgehead atoms. The third kappa shape index (κ3) is 4.25. The number of amides is 2. The van der Waals surface area contributed by atoms with Gasteiger partial charge in [0.2, 0.25) is 5.91 Å². The summed E-state index contributed by atoms with van der Waals surface area (Å²) in [4.78, 5) is 36.2. The van der Waals surface area contributed by atoms with Crippen LogP contribution in [0.4, 0.5) is 5.69 Å². The molecule has 6 rings (SSSR count). The standard InChI is InChI=1S/C29H28N6O4/c30-29(38)28-22-11-21(16-5-7-32-12-16)20(2-4-24(37)35-31)25(17-6-8-33-13-17)26(22)27(39-28)15-1-3-23-18(9-15)10-19(14-36)34-23/h1,3,5-9,11,16-17,32-34H,2,4,10,12-13,31H2,(H2,30,38)(H,35,37). The number of carbonyl (C=O) groups is 2. The highest BCUT2D eigenvalue weighted by atomic mass is 16.4.